The van der Waals surface area contributed by atoms with Crippen molar-refractivity contribution in [2.75, 3.05) is 0 Å². The highest BCUT2D eigenvalue weighted by Gasteiger charge is 2.26. The number of rotatable bonds is 5. The van der Waals surface area contributed by atoms with E-state index in [1.165, 1.54) is 12.5 Å². The van der Waals surface area contributed by atoms with E-state index in [9.17, 15) is 23.7 Å². The van der Waals surface area contributed by atoms with Crippen LogP contribution in [-0.2, 0) is 4.79 Å². The lowest BCUT2D eigenvalue weighted by Crippen LogP contribution is -2.22. The molecule has 1 saturated heterocycles. The first kappa shape index (κ1) is 19.3. The van der Waals surface area contributed by atoms with Crippen LogP contribution < -0.4 is 10.1 Å². The molecule has 1 amide bonds. The average molecular weight is 397 g/mol. The number of carbonyl (C=O) groups is 1. The molecule has 3 rings (SSSR count). The van der Waals surface area contributed by atoms with E-state index in [2.05, 4.69) is 15.0 Å². The first-order valence-corrected chi connectivity index (χ1v) is 9.26. The number of non-ortho nitro benzene ring substituents is 1. The summed E-state index contributed by atoms with van der Waals surface area (Å²) < 4.78 is 29.6. The molecular weight excluding hydrogens is 380 g/mol. The van der Waals surface area contributed by atoms with Crippen molar-refractivity contribution in [1.82, 2.24) is 5.32 Å². The van der Waals surface area contributed by atoms with Crippen LogP contribution in [0, 0.1) is 10.1 Å². The van der Waals surface area contributed by atoms with Crippen molar-refractivity contribution in [2.24, 2.45) is 4.99 Å². The maximum Gasteiger partial charge on any atom is 0.387 e. The highest BCUT2D eigenvalue weighted by molar-refractivity contribution is 8.18. The molecule has 1 aliphatic carbocycles. The number of carbonyl (C=O) groups excluding carboxylic acids is 1. The normalized spacial score (nSPS) is 21.1. The van der Waals surface area contributed by atoms with Crippen LogP contribution in [0.15, 0.2) is 28.1 Å². The lowest BCUT2D eigenvalue weighted by molar-refractivity contribution is -0.384. The minimum atomic E-state index is -3.09. The van der Waals surface area contributed by atoms with Gasteiger partial charge in [-0.15, -0.1) is 0 Å². The number of halogens is 2. The Balaban J connectivity index is 1.86. The van der Waals surface area contributed by atoms with Crippen molar-refractivity contribution in [3.05, 3.63) is 38.8 Å². The summed E-state index contributed by atoms with van der Waals surface area (Å²) in [6.45, 7) is -3.09. The van der Waals surface area contributed by atoms with Gasteiger partial charge < -0.3 is 10.1 Å². The molecule has 0 radical (unpaired) electrons. The van der Waals surface area contributed by atoms with E-state index < -0.39 is 17.4 Å². The summed E-state index contributed by atoms with van der Waals surface area (Å²) in [6.07, 6.45) is 6.63. The predicted octanol–water partition coefficient (Wildman–Crippen LogP) is 4.09. The zero-order valence-corrected chi connectivity index (χ0v) is 15.0. The third-order valence-corrected chi connectivity index (χ3v) is 5.16. The molecule has 144 valence electrons. The maximum absolute atomic E-state index is 12.6. The van der Waals surface area contributed by atoms with E-state index in [0.717, 1.165) is 55.6 Å². The topological polar surface area (TPSA) is 93.8 Å². The number of amides is 1. The highest BCUT2D eigenvalue weighted by Crippen LogP contribution is 2.33. The van der Waals surface area contributed by atoms with Gasteiger partial charge in [0.1, 0.15) is 5.75 Å². The minimum Gasteiger partial charge on any atom is -0.434 e. The van der Waals surface area contributed by atoms with E-state index >= 15 is 0 Å². The van der Waals surface area contributed by atoms with Gasteiger partial charge in [-0.2, -0.15) is 8.78 Å². The van der Waals surface area contributed by atoms with Gasteiger partial charge in [0.2, 0.25) is 0 Å². The Morgan fingerprint density at radius 1 is 1.33 bits per heavy atom. The van der Waals surface area contributed by atoms with Crippen LogP contribution in [-0.4, -0.2) is 28.7 Å². The molecule has 10 heteroatoms. The van der Waals surface area contributed by atoms with Gasteiger partial charge in [0.15, 0.2) is 5.17 Å². The van der Waals surface area contributed by atoms with E-state index in [1.54, 1.807) is 0 Å². The maximum atomic E-state index is 12.6. The largest absolute Gasteiger partial charge is 0.434 e. The zero-order valence-electron chi connectivity index (χ0n) is 14.2. The van der Waals surface area contributed by atoms with Gasteiger partial charge in [0.25, 0.3) is 11.6 Å². The quantitative estimate of drug-likeness (QED) is 0.459. The fourth-order valence-corrected chi connectivity index (χ4v) is 3.85. The number of nitro groups is 1. The van der Waals surface area contributed by atoms with Crippen LogP contribution in [0.3, 0.4) is 0 Å². The smallest absolute Gasteiger partial charge is 0.387 e. The Morgan fingerprint density at radius 2 is 2.07 bits per heavy atom. The van der Waals surface area contributed by atoms with Crippen LogP contribution in [0.1, 0.15) is 37.7 Å². The Labute approximate surface area is 158 Å². The fraction of sp³-hybridized carbons (Fsp3) is 0.412. The molecule has 27 heavy (non-hydrogen) atoms. The second kappa shape index (κ2) is 8.47. The van der Waals surface area contributed by atoms with Gasteiger partial charge in [-0.1, -0.05) is 19.3 Å². The number of nitro benzene ring substituents is 1. The van der Waals surface area contributed by atoms with Gasteiger partial charge in [-0.3, -0.25) is 19.9 Å². The number of ether oxygens (including phenoxy) is 1. The molecule has 0 atom stereocenters. The number of thioether (sulfide) groups is 1. The molecule has 1 aromatic rings. The van der Waals surface area contributed by atoms with Crippen molar-refractivity contribution in [2.45, 2.75) is 44.8 Å². The first-order valence-electron chi connectivity index (χ1n) is 8.44. The molecule has 0 spiro atoms. The second-order valence-electron chi connectivity index (χ2n) is 6.15. The fourth-order valence-electron chi connectivity index (χ4n) is 2.97. The molecular formula is C17H17F2N3O4S. The van der Waals surface area contributed by atoms with Gasteiger partial charge in [-0.05, 0) is 36.7 Å². The minimum absolute atomic E-state index is 0.0288. The molecule has 0 unspecified atom stereocenters. The summed E-state index contributed by atoms with van der Waals surface area (Å²) in [7, 11) is 0. The molecule has 1 aromatic carbocycles. The Hall–Kier alpha value is -2.49. The van der Waals surface area contributed by atoms with Crippen LogP contribution in [0.2, 0.25) is 0 Å². The molecule has 1 heterocycles. The van der Waals surface area contributed by atoms with E-state index in [-0.39, 0.29) is 27.9 Å². The number of alkyl halides is 2. The average Bonchev–Trinajstić information content (AvgIpc) is 2.95. The lowest BCUT2D eigenvalue weighted by atomic mass is 9.96. The molecule has 2 aliphatic rings. The predicted molar refractivity (Wildman–Crippen MR) is 97.7 cm³/mol. The second-order valence-corrected chi connectivity index (χ2v) is 7.18. The van der Waals surface area contributed by atoms with E-state index in [4.69, 9.17) is 0 Å². The van der Waals surface area contributed by atoms with E-state index in [0.29, 0.717) is 5.17 Å². The number of hydrogen-bond donors (Lipinski definition) is 1. The molecule has 0 aromatic heterocycles. The van der Waals surface area contributed by atoms with Gasteiger partial charge in [0.05, 0.1) is 15.9 Å². The molecule has 1 saturated carbocycles. The van der Waals surface area contributed by atoms with Crippen LogP contribution >= 0.6 is 11.8 Å². The Bertz CT molecular complexity index is 807. The molecule has 1 aliphatic heterocycles. The zero-order chi connectivity index (χ0) is 19.4. The summed E-state index contributed by atoms with van der Waals surface area (Å²) in [4.78, 5) is 27.2. The third-order valence-electron chi connectivity index (χ3n) is 4.23. The number of nitrogens with zero attached hydrogens (tertiary/aromatic N) is 2. The highest BCUT2D eigenvalue weighted by atomic mass is 32.2. The molecule has 7 nitrogen and oxygen atoms in total. The van der Waals surface area contributed by atoms with Crippen molar-refractivity contribution in [3.63, 3.8) is 0 Å². The number of amidine groups is 1. The van der Waals surface area contributed by atoms with Crippen LogP contribution in [0.5, 0.6) is 5.75 Å². The summed E-state index contributed by atoms with van der Waals surface area (Å²) in [6, 6.07) is 3.41. The third kappa shape index (κ3) is 5.03. The number of hydrogen-bond acceptors (Lipinski definition) is 6. The number of aliphatic imine (C=N–C) groups is 1. The summed E-state index contributed by atoms with van der Waals surface area (Å²) >= 11 is 1.09. The standard InChI is InChI=1S/C17H17F2N3O4S/c18-16(19)26-13-7-6-12(22(24)25)8-10(13)9-14-15(23)21-17(27-14)20-11-4-2-1-3-5-11/h6-9,11,16H,1-5H2,(H,20,21,23). The molecule has 2 fully saturated rings. The monoisotopic (exact) mass is 397 g/mol. The Morgan fingerprint density at radius 3 is 2.74 bits per heavy atom. The molecule has 1 N–H and O–H groups in total. The first-order chi connectivity index (χ1) is 12.9. The number of nitrogens with one attached hydrogen (secondary N) is 1. The van der Waals surface area contributed by atoms with E-state index in [1.807, 2.05) is 0 Å². The SMILES string of the molecule is O=C1NC(=NC2CCCCC2)SC1=Cc1cc([N+](=O)[O-])ccc1OC(F)F. The number of benzene rings is 1. The lowest BCUT2D eigenvalue weighted by Gasteiger charge is -2.17. The van der Waals surface area contributed by atoms with Crippen molar-refractivity contribution < 1.29 is 23.2 Å². The summed E-state index contributed by atoms with van der Waals surface area (Å²) in [5, 5.41) is 14.1. The van der Waals surface area contributed by atoms with Crippen LogP contribution in [0.4, 0.5) is 14.5 Å². The van der Waals surface area contributed by atoms with Crippen LogP contribution in [0.25, 0.3) is 6.08 Å². The summed E-state index contributed by atoms with van der Waals surface area (Å²) in [5.41, 5.74) is -0.260. The van der Waals surface area contributed by atoms with Crippen molar-refractivity contribution >= 4 is 34.6 Å². The van der Waals surface area contributed by atoms with Gasteiger partial charge in [-0.25, -0.2) is 0 Å². The Kier molecular flexibility index (Phi) is 6.04. The van der Waals surface area contributed by atoms with Gasteiger partial charge >= 0.3 is 6.61 Å². The molecule has 0 bridgehead atoms. The van der Waals surface area contributed by atoms with Gasteiger partial charge in [0, 0.05) is 17.7 Å². The van der Waals surface area contributed by atoms with Crippen molar-refractivity contribution in [3.8, 4) is 5.75 Å². The summed E-state index contributed by atoms with van der Waals surface area (Å²) in [5.74, 6) is -0.668. The van der Waals surface area contributed by atoms with Crippen molar-refractivity contribution in [1.29, 1.82) is 0 Å².